The number of nitro groups is 1. The van der Waals surface area contributed by atoms with Gasteiger partial charge in [0.1, 0.15) is 5.75 Å². The SMILES string of the molecule is COc1ccc(-c2ccc3cc([N+](=O)[O-])ccc3n2)cc1. The van der Waals surface area contributed by atoms with Gasteiger partial charge < -0.3 is 4.74 Å². The van der Waals surface area contributed by atoms with Gasteiger partial charge in [-0.05, 0) is 36.4 Å². The molecular weight excluding hydrogens is 268 g/mol. The van der Waals surface area contributed by atoms with Gasteiger partial charge in [0.05, 0.1) is 23.2 Å². The summed E-state index contributed by atoms with van der Waals surface area (Å²) in [4.78, 5) is 14.9. The molecule has 0 aliphatic carbocycles. The van der Waals surface area contributed by atoms with Gasteiger partial charge in [-0.1, -0.05) is 6.07 Å². The Balaban J connectivity index is 2.04. The summed E-state index contributed by atoms with van der Waals surface area (Å²) in [5.74, 6) is 0.787. The first-order valence-electron chi connectivity index (χ1n) is 6.37. The van der Waals surface area contributed by atoms with E-state index in [1.165, 1.54) is 12.1 Å². The second-order valence-corrected chi connectivity index (χ2v) is 4.56. The molecular formula is C16H12N2O3. The molecule has 104 valence electrons. The summed E-state index contributed by atoms with van der Waals surface area (Å²) in [7, 11) is 1.62. The third-order valence-corrected chi connectivity index (χ3v) is 3.27. The molecule has 0 atom stereocenters. The molecule has 0 amide bonds. The Bertz CT molecular complexity index is 813. The van der Waals surface area contributed by atoms with E-state index in [9.17, 15) is 10.1 Å². The average Bonchev–Trinajstić information content (AvgIpc) is 2.54. The molecule has 0 bridgehead atoms. The van der Waals surface area contributed by atoms with Crippen molar-refractivity contribution in [3.63, 3.8) is 0 Å². The molecule has 0 aliphatic rings. The highest BCUT2D eigenvalue weighted by Gasteiger charge is 2.08. The molecule has 0 saturated heterocycles. The maximum absolute atomic E-state index is 10.8. The van der Waals surface area contributed by atoms with Crippen molar-refractivity contribution in [3.05, 3.63) is 64.7 Å². The van der Waals surface area contributed by atoms with Crippen LogP contribution in [0.3, 0.4) is 0 Å². The number of benzene rings is 2. The number of non-ortho nitro benzene ring substituents is 1. The van der Waals surface area contributed by atoms with Crippen LogP contribution in [-0.2, 0) is 0 Å². The number of pyridine rings is 1. The average molecular weight is 280 g/mol. The fourth-order valence-electron chi connectivity index (χ4n) is 2.15. The van der Waals surface area contributed by atoms with Crippen molar-refractivity contribution in [3.8, 4) is 17.0 Å². The van der Waals surface area contributed by atoms with E-state index in [2.05, 4.69) is 4.98 Å². The minimum absolute atomic E-state index is 0.0708. The molecule has 1 aromatic heterocycles. The Morgan fingerprint density at radius 3 is 2.48 bits per heavy atom. The molecule has 3 rings (SSSR count). The first-order chi connectivity index (χ1) is 10.2. The number of fused-ring (bicyclic) bond motifs is 1. The summed E-state index contributed by atoms with van der Waals surface area (Å²) in [6.45, 7) is 0. The molecule has 0 radical (unpaired) electrons. The summed E-state index contributed by atoms with van der Waals surface area (Å²) in [5.41, 5.74) is 2.59. The van der Waals surface area contributed by atoms with E-state index >= 15 is 0 Å². The lowest BCUT2D eigenvalue weighted by molar-refractivity contribution is -0.384. The fourth-order valence-corrected chi connectivity index (χ4v) is 2.15. The van der Waals surface area contributed by atoms with Gasteiger partial charge in [-0.3, -0.25) is 10.1 Å². The summed E-state index contributed by atoms with van der Waals surface area (Å²) < 4.78 is 5.13. The lowest BCUT2D eigenvalue weighted by Gasteiger charge is -2.05. The molecule has 3 aromatic rings. The molecule has 0 aliphatic heterocycles. The molecule has 5 nitrogen and oxygen atoms in total. The van der Waals surface area contributed by atoms with Crippen LogP contribution in [0.25, 0.3) is 22.2 Å². The number of hydrogen-bond acceptors (Lipinski definition) is 4. The number of methoxy groups -OCH3 is 1. The normalized spacial score (nSPS) is 10.5. The summed E-state index contributed by atoms with van der Waals surface area (Å²) in [6, 6.07) is 16.0. The zero-order chi connectivity index (χ0) is 14.8. The Kier molecular flexibility index (Phi) is 3.23. The molecule has 21 heavy (non-hydrogen) atoms. The Morgan fingerprint density at radius 2 is 1.81 bits per heavy atom. The first-order valence-corrected chi connectivity index (χ1v) is 6.37. The minimum Gasteiger partial charge on any atom is -0.497 e. The monoisotopic (exact) mass is 280 g/mol. The van der Waals surface area contributed by atoms with E-state index in [0.29, 0.717) is 0 Å². The van der Waals surface area contributed by atoms with Gasteiger partial charge in [0.25, 0.3) is 5.69 Å². The highest BCUT2D eigenvalue weighted by atomic mass is 16.6. The van der Waals surface area contributed by atoms with Crippen molar-refractivity contribution in [2.24, 2.45) is 0 Å². The van der Waals surface area contributed by atoms with E-state index < -0.39 is 4.92 Å². The van der Waals surface area contributed by atoms with Gasteiger partial charge in [0.2, 0.25) is 0 Å². The van der Waals surface area contributed by atoms with E-state index in [4.69, 9.17) is 4.74 Å². The van der Waals surface area contributed by atoms with Gasteiger partial charge in [-0.2, -0.15) is 0 Å². The van der Waals surface area contributed by atoms with Crippen LogP contribution < -0.4 is 4.74 Å². The third kappa shape index (κ3) is 2.53. The van der Waals surface area contributed by atoms with Crippen molar-refractivity contribution in [2.75, 3.05) is 7.11 Å². The van der Waals surface area contributed by atoms with Gasteiger partial charge in [-0.25, -0.2) is 4.98 Å². The smallest absolute Gasteiger partial charge is 0.270 e. The lowest BCUT2D eigenvalue weighted by Crippen LogP contribution is -1.90. The predicted octanol–water partition coefficient (Wildman–Crippen LogP) is 3.82. The number of rotatable bonds is 3. The van der Waals surface area contributed by atoms with Gasteiger partial charge in [-0.15, -0.1) is 0 Å². The lowest BCUT2D eigenvalue weighted by atomic mass is 10.1. The summed E-state index contributed by atoms with van der Waals surface area (Å²) in [5, 5.41) is 11.5. The molecule has 2 aromatic carbocycles. The maximum Gasteiger partial charge on any atom is 0.270 e. The number of hydrogen-bond donors (Lipinski definition) is 0. The van der Waals surface area contributed by atoms with Crippen LogP contribution in [0, 0.1) is 10.1 Å². The topological polar surface area (TPSA) is 65.3 Å². The zero-order valence-corrected chi connectivity index (χ0v) is 11.3. The Labute approximate surface area is 121 Å². The summed E-state index contributed by atoms with van der Waals surface area (Å²) >= 11 is 0. The second-order valence-electron chi connectivity index (χ2n) is 4.56. The van der Waals surface area contributed by atoms with E-state index in [1.807, 2.05) is 36.4 Å². The summed E-state index contributed by atoms with van der Waals surface area (Å²) in [6.07, 6.45) is 0. The molecule has 0 spiro atoms. The standard InChI is InChI=1S/C16H12N2O3/c1-21-14-6-2-11(3-7-14)15-8-4-12-10-13(18(19)20)5-9-16(12)17-15/h2-10H,1H3. The minimum atomic E-state index is -0.406. The quantitative estimate of drug-likeness (QED) is 0.540. The largest absolute Gasteiger partial charge is 0.497 e. The van der Waals surface area contributed by atoms with Crippen molar-refractivity contribution >= 4 is 16.6 Å². The molecule has 0 saturated carbocycles. The van der Waals surface area contributed by atoms with E-state index in [0.717, 1.165) is 27.9 Å². The van der Waals surface area contributed by atoms with Crippen LogP contribution in [0.2, 0.25) is 0 Å². The predicted molar refractivity (Wildman–Crippen MR) is 80.4 cm³/mol. The van der Waals surface area contributed by atoms with Gasteiger partial charge >= 0.3 is 0 Å². The van der Waals surface area contributed by atoms with Crippen LogP contribution in [0.15, 0.2) is 54.6 Å². The first kappa shape index (κ1) is 13.1. The van der Waals surface area contributed by atoms with Gasteiger partial charge in [0, 0.05) is 23.1 Å². The Morgan fingerprint density at radius 1 is 1.05 bits per heavy atom. The molecule has 5 heteroatoms. The number of nitro benzene ring substituents is 1. The van der Waals surface area contributed by atoms with Crippen LogP contribution in [-0.4, -0.2) is 17.0 Å². The molecule has 1 heterocycles. The van der Waals surface area contributed by atoms with Crippen molar-refractivity contribution in [1.82, 2.24) is 4.98 Å². The second kappa shape index (κ2) is 5.20. The number of nitrogens with zero attached hydrogens (tertiary/aromatic N) is 2. The van der Waals surface area contributed by atoms with Crippen LogP contribution in [0.1, 0.15) is 0 Å². The van der Waals surface area contributed by atoms with Crippen molar-refractivity contribution in [2.45, 2.75) is 0 Å². The maximum atomic E-state index is 10.8. The Hall–Kier alpha value is -2.95. The highest BCUT2D eigenvalue weighted by molar-refractivity contribution is 5.83. The van der Waals surface area contributed by atoms with E-state index in [1.54, 1.807) is 13.2 Å². The molecule has 0 N–H and O–H groups in total. The molecule has 0 unspecified atom stereocenters. The third-order valence-electron chi connectivity index (χ3n) is 3.27. The van der Waals surface area contributed by atoms with E-state index in [-0.39, 0.29) is 5.69 Å². The fraction of sp³-hybridized carbons (Fsp3) is 0.0625. The number of ether oxygens (including phenoxy) is 1. The van der Waals surface area contributed by atoms with Crippen molar-refractivity contribution in [1.29, 1.82) is 0 Å². The van der Waals surface area contributed by atoms with Gasteiger partial charge in [0.15, 0.2) is 0 Å². The van der Waals surface area contributed by atoms with Crippen LogP contribution in [0.5, 0.6) is 5.75 Å². The van der Waals surface area contributed by atoms with Crippen molar-refractivity contribution < 1.29 is 9.66 Å². The van der Waals surface area contributed by atoms with Crippen LogP contribution >= 0.6 is 0 Å². The number of aromatic nitrogens is 1. The highest BCUT2D eigenvalue weighted by Crippen LogP contribution is 2.25. The zero-order valence-electron chi connectivity index (χ0n) is 11.3. The molecule has 0 fully saturated rings. The van der Waals surface area contributed by atoms with Crippen LogP contribution in [0.4, 0.5) is 5.69 Å².